The van der Waals surface area contributed by atoms with Crippen molar-refractivity contribution < 1.29 is 21.0 Å². The van der Waals surface area contributed by atoms with E-state index in [1.807, 2.05) is 0 Å². The van der Waals surface area contributed by atoms with Gasteiger partial charge in [0.1, 0.15) is 6.10 Å². The summed E-state index contributed by atoms with van der Waals surface area (Å²) in [5, 5.41) is 0.970. The van der Waals surface area contributed by atoms with Crippen LogP contribution in [0, 0.1) is 0 Å². The lowest BCUT2D eigenvalue weighted by Crippen LogP contribution is -2.20. The zero-order chi connectivity index (χ0) is 12.5. The van der Waals surface area contributed by atoms with Crippen molar-refractivity contribution in [1.29, 1.82) is 0 Å². The topological polar surface area (TPSA) is 77.5 Å². The first-order valence-corrected chi connectivity index (χ1v) is 7.91. The lowest BCUT2D eigenvalue weighted by molar-refractivity contribution is 0.279. The molecule has 0 saturated carbocycles. The number of rotatable bonds is 3. The molecule has 92 valence electrons. The molecule has 0 bridgehead atoms. The van der Waals surface area contributed by atoms with Gasteiger partial charge >= 0.3 is 0 Å². The van der Waals surface area contributed by atoms with E-state index in [0.29, 0.717) is 0 Å². The number of hydrogen-bond donors (Lipinski definition) is 0. The zero-order valence-electron chi connectivity index (χ0n) is 8.68. The van der Waals surface area contributed by atoms with Gasteiger partial charge in [-0.2, -0.15) is 8.42 Å². The molecule has 0 spiro atoms. The Balaban J connectivity index is 2.18. The second-order valence-electron chi connectivity index (χ2n) is 3.56. The summed E-state index contributed by atoms with van der Waals surface area (Å²) >= 11 is 0. The minimum absolute atomic E-state index is 0.0118. The van der Waals surface area contributed by atoms with E-state index in [0.717, 1.165) is 5.41 Å². The van der Waals surface area contributed by atoms with Crippen LogP contribution in [-0.4, -0.2) is 28.7 Å². The molecule has 0 amide bonds. The fourth-order valence-electron chi connectivity index (χ4n) is 1.41. The van der Waals surface area contributed by atoms with Crippen molar-refractivity contribution in [3.8, 4) is 0 Å². The Labute approximate surface area is 99.8 Å². The van der Waals surface area contributed by atoms with E-state index < -0.39 is 26.1 Å². The first-order chi connectivity index (χ1) is 7.89. The highest BCUT2D eigenvalue weighted by atomic mass is 32.2. The van der Waals surface area contributed by atoms with Crippen LogP contribution in [0.3, 0.4) is 0 Å². The summed E-state index contributed by atoms with van der Waals surface area (Å²) in [5.74, 6) is -0.334. The first kappa shape index (κ1) is 12.3. The van der Waals surface area contributed by atoms with Crippen LogP contribution >= 0.6 is 0 Å². The smallest absolute Gasteiger partial charge is 0.258 e. The van der Waals surface area contributed by atoms with Crippen LogP contribution in [0.4, 0.5) is 0 Å². The Morgan fingerprint density at radius 1 is 1.18 bits per heavy atom. The van der Waals surface area contributed by atoms with Crippen LogP contribution in [0.25, 0.3) is 0 Å². The Bertz CT molecular complexity index is 629. The van der Waals surface area contributed by atoms with Gasteiger partial charge in [-0.3, -0.25) is 4.18 Å². The van der Waals surface area contributed by atoms with E-state index in [4.69, 9.17) is 4.18 Å². The molecule has 5 nitrogen and oxygen atoms in total. The van der Waals surface area contributed by atoms with Gasteiger partial charge in [-0.15, -0.1) is 0 Å². The number of sulfone groups is 1. The van der Waals surface area contributed by atoms with Crippen molar-refractivity contribution in [3.63, 3.8) is 0 Å². The third-order valence-corrected chi connectivity index (χ3v) is 4.89. The molecule has 17 heavy (non-hydrogen) atoms. The zero-order valence-corrected chi connectivity index (χ0v) is 10.3. The number of hydrogen-bond acceptors (Lipinski definition) is 5. The monoisotopic (exact) mass is 274 g/mol. The van der Waals surface area contributed by atoms with Gasteiger partial charge in [0.25, 0.3) is 10.1 Å². The predicted molar refractivity (Wildman–Crippen MR) is 61.4 cm³/mol. The molecule has 1 aliphatic heterocycles. The van der Waals surface area contributed by atoms with E-state index in [1.54, 1.807) is 18.2 Å². The Morgan fingerprint density at radius 2 is 1.82 bits per heavy atom. The summed E-state index contributed by atoms with van der Waals surface area (Å²) in [6.45, 7) is 0. The molecule has 1 aromatic rings. The van der Waals surface area contributed by atoms with Gasteiger partial charge in [-0.1, -0.05) is 18.2 Å². The van der Waals surface area contributed by atoms with Crippen molar-refractivity contribution in [2.75, 3.05) is 5.75 Å². The maximum Gasteiger partial charge on any atom is 0.297 e. The molecule has 1 aromatic carbocycles. The van der Waals surface area contributed by atoms with Crippen molar-refractivity contribution in [2.45, 2.75) is 11.0 Å². The van der Waals surface area contributed by atoms with Gasteiger partial charge < -0.3 is 0 Å². The molecular formula is C10H10O5S2. The second-order valence-corrected chi connectivity index (χ2v) is 7.06. The van der Waals surface area contributed by atoms with Gasteiger partial charge in [-0.25, -0.2) is 8.42 Å². The Kier molecular flexibility index (Phi) is 3.07. The summed E-state index contributed by atoms with van der Waals surface area (Å²) in [7, 11) is -7.23. The molecule has 7 heteroatoms. The highest BCUT2D eigenvalue weighted by molar-refractivity contribution is 7.94. The maximum atomic E-state index is 11.7. The minimum atomic E-state index is -3.91. The lowest BCUT2D eigenvalue weighted by Gasteiger charge is -2.09. The molecule has 1 heterocycles. The van der Waals surface area contributed by atoms with Crippen LogP contribution in [0.5, 0.6) is 0 Å². The maximum absolute atomic E-state index is 11.7. The highest BCUT2D eigenvalue weighted by Gasteiger charge is 2.28. The molecule has 0 saturated heterocycles. The molecule has 1 atom stereocenters. The molecule has 0 N–H and O–H groups in total. The van der Waals surface area contributed by atoms with Crippen LogP contribution in [0.15, 0.2) is 46.7 Å². The van der Waals surface area contributed by atoms with Gasteiger partial charge in [0, 0.05) is 5.41 Å². The van der Waals surface area contributed by atoms with Gasteiger partial charge in [0.2, 0.25) is 0 Å². The Morgan fingerprint density at radius 3 is 2.35 bits per heavy atom. The first-order valence-electron chi connectivity index (χ1n) is 4.78. The van der Waals surface area contributed by atoms with E-state index in [-0.39, 0.29) is 10.6 Å². The third-order valence-electron chi connectivity index (χ3n) is 2.18. The van der Waals surface area contributed by atoms with Crippen LogP contribution in [-0.2, 0) is 24.1 Å². The lowest BCUT2D eigenvalue weighted by atomic mass is 10.4. The van der Waals surface area contributed by atoms with Gasteiger partial charge in [-0.05, 0) is 18.2 Å². The largest absolute Gasteiger partial charge is 0.297 e. The highest BCUT2D eigenvalue weighted by Crippen LogP contribution is 2.18. The summed E-state index contributed by atoms with van der Waals surface area (Å²) in [5.41, 5.74) is 0. The van der Waals surface area contributed by atoms with Crippen molar-refractivity contribution >= 4 is 20.0 Å². The molecule has 0 aromatic heterocycles. The molecule has 0 unspecified atom stereocenters. The third kappa shape index (κ3) is 2.93. The molecule has 0 fully saturated rings. The van der Waals surface area contributed by atoms with E-state index in [2.05, 4.69) is 0 Å². The minimum Gasteiger partial charge on any atom is -0.258 e. The van der Waals surface area contributed by atoms with Crippen LogP contribution in [0.2, 0.25) is 0 Å². The average Bonchev–Trinajstić information content (AvgIpc) is 2.58. The Hall–Kier alpha value is -1.18. The normalized spacial score (nSPS) is 22.7. The fourth-order valence-corrected chi connectivity index (χ4v) is 3.72. The van der Waals surface area contributed by atoms with E-state index >= 15 is 0 Å². The van der Waals surface area contributed by atoms with Gasteiger partial charge in [0.15, 0.2) is 9.84 Å². The fraction of sp³-hybridized carbons (Fsp3) is 0.200. The van der Waals surface area contributed by atoms with Crippen LogP contribution in [0.1, 0.15) is 0 Å². The van der Waals surface area contributed by atoms with Gasteiger partial charge in [0.05, 0.1) is 10.6 Å². The van der Waals surface area contributed by atoms with E-state index in [1.165, 1.54) is 18.2 Å². The molecule has 0 radical (unpaired) electrons. The predicted octanol–water partition coefficient (Wildman–Crippen LogP) is 0.703. The summed E-state index contributed by atoms with van der Waals surface area (Å²) in [6, 6.07) is 7.60. The quantitative estimate of drug-likeness (QED) is 0.758. The average molecular weight is 274 g/mol. The van der Waals surface area contributed by atoms with E-state index in [9.17, 15) is 16.8 Å². The summed E-state index contributed by atoms with van der Waals surface area (Å²) in [6.07, 6.45) is 0.292. The van der Waals surface area contributed by atoms with Crippen molar-refractivity contribution in [3.05, 3.63) is 41.8 Å². The molecule has 2 rings (SSSR count). The summed E-state index contributed by atoms with van der Waals surface area (Å²) < 4.78 is 50.5. The SMILES string of the molecule is O=S1(=O)C=C[C@@H](OS(=O)(=O)c2ccccc2)C1. The molecular weight excluding hydrogens is 264 g/mol. The van der Waals surface area contributed by atoms with Crippen molar-refractivity contribution in [2.24, 2.45) is 0 Å². The second kappa shape index (κ2) is 4.25. The standard InChI is InChI=1S/C10H10O5S2/c11-16(12)7-6-9(8-16)15-17(13,14)10-4-2-1-3-5-10/h1-7,9H,8H2/t9-/m1/s1. The molecule has 0 aliphatic carbocycles. The molecule has 1 aliphatic rings. The van der Waals surface area contributed by atoms with Crippen LogP contribution < -0.4 is 0 Å². The van der Waals surface area contributed by atoms with Crippen molar-refractivity contribution in [1.82, 2.24) is 0 Å². The number of benzene rings is 1. The summed E-state index contributed by atoms with van der Waals surface area (Å²) in [4.78, 5) is 0.0118.